The van der Waals surface area contributed by atoms with Gasteiger partial charge in [-0.25, -0.2) is 0 Å². The van der Waals surface area contributed by atoms with Crippen molar-refractivity contribution in [3.05, 3.63) is 0 Å². The van der Waals surface area contributed by atoms with Gasteiger partial charge in [-0.2, -0.15) is 0 Å². The molecule has 82 valence electrons. The summed E-state index contributed by atoms with van der Waals surface area (Å²) in [7, 11) is -0.990. The standard InChI is InChI=1S/C6H13BO7/c1-5(14-7(10)11)6(9,12-2)4(8)3-13-5/h4,8-11H,3H2,1-2H3. The van der Waals surface area contributed by atoms with Gasteiger partial charge in [-0.05, 0) is 6.92 Å². The quantitative estimate of drug-likeness (QED) is 0.297. The zero-order valence-corrected chi connectivity index (χ0v) is 7.88. The molecule has 0 aromatic heterocycles. The first kappa shape index (κ1) is 11.9. The number of hydrogen-bond acceptors (Lipinski definition) is 7. The molecule has 0 aliphatic carbocycles. The van der Waals surface area contributed by atoms with Crippen LogP contribution in [-0.4, -0.2) is 59.0 Å². The van der Waals surface area contributed by atoms with Crippen molar-refractivity contribution in [2.75, 3.05) is 13.7 Å². The molecule has 7 nitrogen and oxygen atoms in total. The first-order valence-corrected chi connectivity index (χ1v) is 3.99. The second kappa shape index (κ2) is 3.74. The molecule has 0 spiro atoms. The molecule has 1 fully saturated rings. The van der Waals surface area contributed by atoms with E-state index in [1.807, 2.05) is 0 Å². The maximum atomic E-state index is 9.79. The van der Waals surface area contributed by atoms with Crippen LogP contribution in [0.5, 0.6) is 0 Å². The lowest BCUT2D eigenvalue weighted by molar-refractivity contribution is -0.340. The molecule has 3 unspecified atom stereocenters. The third-order valence-electron chi connectivity index (χ3n) is 2.26. The molecule has 0 aromatic carbocycles. The molecule has 0 bridgehead atoms. The molecule has 0 saturated carbocycles. The first-order chi connectivity index (χ1) is 6.35. The molecule has 0 amide bonds. The third kappa shape index (κ3) is 1.65. The summed E-state index contributed by atoms with van der Waals surface area (Å²) in [6, 6.07) is 0. The van der Waals surface area contributed by atoms with Crippen LogP contribution in [0.25, 0.3) is 0 Å². The van der Waals surface area contributed by atoms with Gasteiger partial charge >= 0.3 is 7.32 Å². The monoisotopic (exact) mass is 208 g/mol. The summed E-state index contributed by atoms with van der Waals surface area (Å²) >= 11 is 0. The summed E-state index contributed by atoms with van der Waals surface area (Å²) in [5.74, 6) is -3.95. The van der Waals surface area contributed by atoms with Gasteiger partial charge in [-0.3, -0.25) is 0 Å². The van der Waals surface area contributed by atoms with Crippen molar-refractivity contribution in [1.29, 1.82) is 0 Å². The van der Waals surface area contributed by atoms with Crippen LogP contribution in [0.3, 0.4) is 0 Å². The summed E-state index contributed by atoms with van der Waals surface area (Å²) in [6.07, 6.45) is -1.32. The van der Waals surface area contributed by atoms with Crippen molar-refractivity contribution >= 4 is 7.32 Å². The highest BCUT2D eigenvalue weighted by Gasteiger charge is 2.61. The second-order valence-electron chi connectivity index (χ2n) is 3.12. The Morgan fingerprint density at radius 2 is 2.07 bits per heavy atom. The fraction of sp³-hybridized carbons (Fsp3) is 1.00. The molecule has 0 aromatic rings. The number of aliphatic hydroxyl groups excluding tert-OH is 1. The fourth-order valence-corrected chi connectivity index (χ4v) is 1.40. The van der Waals surface area contributed by atoms with Crippen LogP contribution in [0, 0.1) is 0 Å². The van der Waals surface area contributed by atoms with Crippen LogP contribution in [0.2, 0.25) is 0 Å². The van der Waals surface area contributed by atoms with Crippen LogP contribution in [0.15, 0.2) is 0 Å². The zero-order valence-electron chi connectivity index (χ0n) is 7.88. The van der Waals surface area contributed by atoms with E-state index in [0.717, 1.165) is 7.11 Å². The normalized spacial score (nSPS) is 42.9. The molecule has 1 aliphatic rings. The van der Waals surface area contributed by atoms with Gasteiger partial charge in [0, 0.05) is 7.11 Å². The van der Waals surface area contributed by atoms with E-state index >= 15 is 0 Å². The van der Waals surface area contributed by atoms with Gasteiger partial charge in [-0.15, -0.1) is 0 Å². The zero-order chi connectivity index (χ0) is 11.0. The SMILES string of the molecule is COC1(O)C(O)COC1(C)OB(O)O. The van der Waals surface area contributed by atoms with Crippen LogP contribution < -0.4 is 0 Å². The van der Waals surface area contributed by atoms with E-state index in [4.69, 9.17) is 14.8 Å². The predicted molar refractivity (Wildman–Crippen MR) is 43.6 cm³/mol. The Hall–Kier alpha value is -0.215. The maximum Gasteiger partial charge on any atom is 0.636 e. The van der Waals surface area contributed by atoms with Crippen LogP contribution in [0.1, 0.15) is 6.92 Å². The molecule has 1 aliphatic heterocycles. The van der Waals surface area contributed by atoms with Gasteiger partial charge < -0.3 is 34.4 Å². The molecular weight excluding hydrogens is 195 g/mol. The first-order valence-electron chi connectivity index (χ1n) is 3.99. The van der Waals surface area contributed by atoms with Crippen molar-refractivity contribution in [1.82, 2.24) is 0 Å². The van der Waals surface area contributed by atoms with Crippen molar-refractivity contribution in [3.63, 3.8) is 0 Å². The van der Waals surface area contributed by atoms with Crippen molar-refractivity contribution < 1.29 is 34.4 Å². The minimum Gasteiger partial charge on any atom is -0.402 e. The Bertz CT molecular complexity index is 212. The Labute approximate surface area is 81.0 Å². The lowest BCUT2D eigenvalue weighted by Gasteiger charge is -2.37. The van der Waals surface area contributed by atoms with Crippen molar-refractivity contribution in [3.8, 4) is 0 Å². The molecule has 1 heterocycles. The van der Waals surface area contributed by atoms with Crippen LogP contribution >= 0.6 is 0 Å². The summed E-state index contributed by atoms with van der Waals surface area (Å²) in [6.45, 7) is 1.000. The van der Waals surface area contributed by atoms with Gasteiger partial charge in [-0.1, -0.05) is 0 Å². The summed E-state index contributed by atoms with van der Waals surface area (Å²) in [4.78, 5) is 0. The van der Waals surface area contributed by atoms with Gasteiger partial charge in [0.15, 0.2) is 0 Å². The molecule has 1 rings (SSSR count). The second-order valence-corrected chi connectivity index (χ2v) is 3.12. The van der Waals surface area contributed by atoms with Crippen molar-refractivity contribution in [2.24, 2.45) is 0 Å². The molecule has 14 heavy (non-hydrogen) atoms. The number of rotatable bonds is 3. The van der Waals surface area contributed by atoms with Gasteiger partial charge in [0.1, 0.15) is 6.10 Å². The number of ether oxygens (including phenoxy) is 2. The smallest absolute Gasteiger partial charge is 0.402 e. The Morgan fingerprint density at radius 1 is 1.50 bits per heavy atom. The summed E-state index contributed by atoms with van der Waals surface area (Å²) in [5.41, 5.74) is 0. The number of methoxy groups -OCH3 is 1. The molecule has 0 radical (unpaired) electrons. The number of aliphatic hydroxyl groups is 2. The van der Waals surface area contributed by atoms with E-state index in [2.05, 4.69) is 9.39 Å². The molecule has 3 atom stereocenters. The van der Waals surface area contributed by atoms with E-state index in [0.29, 0.717) is 0 Å². The summed E-state index contributed by atoms with van der Waals surface area (Å²) < 4.78 is 14.1. The van der Waals surface area contributed by atoms with Gasteiger partial charge in [0.2, 0.25) is 11.6 Å². The summed E-state index contributed by atoms with van der Waals surface area (Å²) in [5, 5.41) is 36.3. The fourth-order valence-electron chi connectivity index (χ4n) is 1.40. The Balaban J connectivity index is 2.87. The number of hydrogen-bond donors (Lipinski definition) is 4. The van der Waals surface area contributed by atoms with E-state index in [1.54, 1.807) is 0 Å². The molecular formula is C6H13BO7. The highest BCUT2D eigenvalue weighted by molar-refractivity contribution is 6.32. The van der Waals surface area contributed by atoms with Gasteiger partial charge in [0.25, 0.3) is 0 Å². The highest BCUT2D eigenvalue weighted by atomic mass is 16.8. The minimum absolute atomic E-state index is 0.229. The third-order valence-corrected chi connectivity index (χ3v) is 2.26. The average Bonchev–Trinajstić information content (AvgIpc) is 2.30. The molecule has 8 heteroatoms. The average molecular weight is 208 g/mol. The lowest BCUT2D eigenvalue weighted by atomic mass is 10.0. The van der Waals surface area contributed by atoms with E-state index < -0.39 is 25.0 Å². The predicted octanol–water partition coefficient (Wildman–Crippen LogP) is -2.59. The topological polar surface area (TPSA) is 109 Å². The van der Waals surface area contributed by atoms with Gasteiger partial charge in [0.05, 0.1) is 6.61 Å². The highest BCUT2D eigenvalue weighted by Crippen LogP contribution is 2.37. The van der Waals surface area contributed by atoms with Crippen LogP contribution in [0.4, 0.5) is 0 Å². The largest absolute Gasteiger partial charge is 0.636 e. The van der Waals surface area contributed by atoms with E-state index in [-0.39, 0.29) is 6.61 Å². The molecule has 4 N–H and O–H groups in total. The lowest BCUT2D eigenvalue weighted by Crippen LogP contribution is -2.59. The Morgan fingerprint density at radius 3 is 2.50 bits per heavy atom. The maximum absolute atomic E-state index is 9.79. The van der Waals surface area contributed by atoms with Crippen molar-refractivity contribution in [2.45, 2.75) is 24.6 Å². The van der Waals surface area contributed by atoms with E-state index in [9.17, 15) is 10.2 Å². The molecule has 1 saturated heterocycles. The van der Waals surface area contributed by atoms with E-state index in [1.165, 1.54) is 6.92 Å². The minimum atomic E-state index is -2.13. The Kier molecular flexibility index (Phi) is 3.17. The van der Waals surface area contributed by atoms with Crippen LogP contribution in [-0.2, 0) is 14.1 Å².